The zero-order valence-electron chi connectivity index (χ0n) is 12.8. The molecule has 0 saturated carbocycles. The third-order valence-electron chi connectivity index (χ3n) is 3.95. The highest BCUT2D eigenvalue weighted by Crippen LogP contribution is 2.29. The van der Waals surface area contributed by atoms with Crippen LogP contribution in [0.15, 0.2) is 6.07 Å². The molecule has 1 rings (SSSR count). The first-order valence-electron chi connectivity index (χ1n) is 6.73. The lowest BCUT2D eigenvalue weighted by Gasteiger charge is -2.23. The van der Waals surface area contributed by atoms with Gasteiger partial charge in [-0.3, -0.25) is 0 Å². The van der Waals surface area contributed by atoms with E-state index in [-0.39, 0.29) is 0 Å². The van der Waals surface area contributed by atoms with Gasteiger partial charge in [0.2, 0.25) is 0 Å². The van der Waals surface area contributed by atoms with E-state index in [1.807, 2.05) is 7.05 Å². The largest absolute Gasteiger partial charge is 0.496 e. The molecule has 0 saturated heterocycles. The van der Waals surface area contributed by atoms with Gasteiger partial charge in [0.1, 0.15) is 5.75 Å². The van der Waals surface area contributed by atoms with E-state index in [0.29, 0.717) is 12.0 Å². The SMILES string of the molecule is CNC(Cc1cc(C)c(OC)c(C)c1C)C(C)C. The number of rotatable bonds is 5. The first-order chi connectivity index (χ1) is 8.42. The van der Waals surface area contributed by atoms with Gasteiger partial charge >= 0.3 is 0 Å². The standard InChI is InChI=1S/C16H27NO/c1-10(2)15(17-6)9-14-8-11(3)16(18-7)13(5)12(14)4/h8,10,15,17H,9H2,1-7H3. The average molecular weight is 249 g/mol. The minimum absolute atomic E-state index is 0.524. The van der Waals surface area contributed by atoms with Crippen molar-refractivity contribution in [3.05, 3.63) is 28.3 Å². The van der Waals surface area contributed by atoms with E-state index in [1.54, 1.807) is 7.11 Å². The van der Waals surface area contributed by atoms with E-state index >= 15 is 0 Å². The molecule has 18 heavy (non-hydrogen) atoms. The van der Waals surface area contributed by atoms with Crippen LogP contribution in [0.25, 0.3) is 0 Å². The van der Waals surface area contributed by atoms with Crippen molar-refractivity contribution in [2.24, 2.45) is 5.92 Å². The average Bonchev–Trinajstić information content (AvgIpc) is 2.32. The van der Waals surface area contributed by atoms with Gasteiger partial charge in [-0.2, -0.15) is 0 Å². The van der Waals surface area contributed by atoms with Gasteiger partial charge < -0.3 is 10.1 Å². The van der Waals surface area contributed by atoms with Crippen molar-refractivity contribution in [2.45, 2.75) is 47.1 Å². The number of hydrogen-bond acceptors (Lipinski definition) is 2. The Hall–Kier alpha value is -1.02. The van der Waals surface area contributed by atoms with Crippen molar-refractivity contribution in [1.82, 2.24) is 5.32 Å². The lowest BCUT2D eigenvalue weighted by atomic mass is 9.90. The Morgan fingerprint density at radius 3 is 2.22 bits per heavy atom. The van der Waals surface area contributed by atoms with Crippen LogP contribution in [0.2, 0.25) is 0 Å². The summed E-state index contributed by atoms with van der Waals surface area (Å²) in [7, 11) is 3.79. The molecule has 0 fully saturated rings. The van der Waals surface area contributed by atoms with Crippen LogP contribution >= 0.6 is 0 Å². The first-order valence-corrected chi connectivity index (χ1v) is 6.73. The van der Waals surface area contributed by atoms with Gasteiger partial charge in [0, 0.05) is 6.04 Å². The minimum Gasteiger partial charge on any atom is -0.496 e. The summed E-state index contributed by atoms with van der Waals surface area (Å²) in [6.45, 7) is 11.0. The maximum atomic E-state index is 5.47. The van der Waals surface area contributed by atoms with Crippen LogP contribution in [0.1, 0.15) is 36.1 Å². The quantitative estimate of drug-likeness (QED) is 0.863. The molecule has 1 N–H and O–H groups in total. The molecule has 2 heteroatoms. The molecule has 102 valence electrons. The van der Waals surface area contributed by atoms with E-state index in [0.717, 1.165) is 12.2 Å². The smallest absolute Gasteiger partial charge is 0.124 e. The second kappa shape index (κ2) is 6.24. The molecule has 1 atom stereocenters. The van der Waals surface area contributed by atoms with Crippen molar-refractivity contribution < 1.29 is 4.74 Å². The molecule has 0 spiro atoms. The van der Waals surface area contributed by atoms with Crippen molar-refractivity contribution >= 4 is 0 Å². The highest BCUT2D eigenvalue weighted by atomic mass is 16.5. The monoisotopic (exact) mass is 249 g/mol. The highest BCUT2D eigenvalue weighted by Gasteiger charge is 2.16. The van der Waals surface area contributed by atoms with E-state index in [2.05, 4.69) is 46.0 Å². The van der Waals surface area contributed by atoms with Gasteiger partial charge in [0.15, 0.2) is 0 Å². The van der Waals surface area contributed by atoms with Gasteiger partial charge in [0.05, 0.1) is 7.11 Å². The molecule has 1 aromatic carbocycles. The van der Waals surface area contributed by atoms with Crippen LogP contribution in [0.4, 0.5) is 0 Å². The Bertz CT molecular complexity index is 410. The van der Waals surface area contributed by atoms with E-state index in [4.69, 9.17) is 4.74 Å². The van der Waals surface area contributed by atoms with Crippen LogP contribution in [0.5, 0.6) is 5.75 Å². The molecule has 0 bridgehead atoms. The Balaban J connectivity index is 3.11. The fraction of sp³-hybridized carbons (Fsp3) is 0.625. The molecule has 0 aromatic heterocycles. The second-order valence-corrected chi connectivity index (χ2v) is 5.48. The predicted molar refractivity (Wildman–Crippen MR) is 78.6 cm³/mol. The van der Waals surface area contributed by atoms with Crippen molar-refractivity contribution in [3.63, 3.8) is 0 Å². The maximum absolute atomic E-state index is 5.47. The lowest BCUT2D eigenvalue weighted by Crippen LogP contribution is -2.33. The molecule has 1 unspecified atom stereocenters. The summed E-state index contributed by atoms with van der Waals surface area (Å²) in [5.41, 5.74) is 5.29. The third-order valence-corrected chi connectivity index (χ3v) is 3.95. The molecule has 0 radical (unpaired) electrons. The Labute approximate surface area is 112 Å². The van der Waals surface area contributed by atoms with E-state index in [9.17, 15) is 0 Å². The molecule has 0 aliphatic carbocycles. The van der Waals surface area contributed by atoms with Gasteiger partial charge in [-0.15, -0.1) is 0 Å². The van der Waals surface area contributed by atoms with Gasteiger partial charge in [0.25, 0.3) is 0 Å². The molecular formula is C16H27NO. The number of likely N-dealkylation sites (N-methyl/N-ethyl adjacent to an activating group) is 1. The van der Waals surface area contributed by atoms with Gasteiger partial charge in [-0.05, 0) is 62.4 Å². The second-order valence-electron chi connectivity index (χ2n) is 5.48. The summed E-state index contributed by atoms with van der Waals surface area (Å²) in [6, 6.07) is 2.80. The van der Waals surface area contributed by atoms with Crippen LogP contribution in [0.3, 0.4) is 0 Å². The van der Waals surface area contributed by atoms with Crippen molar-refractivity contribution in [1.29, 1.82) is 0 Å². The predicted octanol–water partition coefficient (Wildman–Crippen LogP) is 3.41. The van der Waals surface area contributed by atoms with Gasteiger partial charge in [-0.1, -0.05) is 19.9 Å². The number of methoxy groups -OCH3 is 1. The van der Waals surface area contributed by atoms with Crippen molar-refractivity contribution in [2.75, 3.05) is 14.2 Å². The number of benzene rings is 1. The fourth-order valence-electron chi connectivity index (χ4n) is 2.58. The molecule has 0 aliphatic heterocycles. The van der Waals surface area contributed by atoms with E-state index < -0.39 is 0 Å². The summed E-state index contributed by atoms with van der Waals surface area (Å²) in [5, 5.41) is 3.41. The third kappa shape index (κ3) is 3.05. The maximum Gasteiger partial charge on any atom is 0.124 e. The van der Waals surface area contributed by atoms with Crippen LogP contribution in [-0.4, -0.2) is 20.2 Å². The summed E-state index contributed by atoms with van der Waals surface area (Å²) in [4.78, 5) is 0. The normalized spacial score (nSPS) is 12.9. The Kier molecular flexibility index (Phi) is 5.21. The van der Waals surface area contributed by atoms with Crippen LogP contribution in [0, 0.1) is 26.7 Å². The zero-order chi connectivity index (χ0) is 13.9. The summed E-state index contributed by atoms with van der Waals surface area (Å²) in [6.07, 6.45) is 1.08. The fourth-order valence-corrected chi connectivity index (χ4v) is 2.58. The molecular weight excluding hydrogens is 222 g/mol. The topological polar surface area (TPSA) is 21.3 Å². The molecule has 1 aromatic rings. The van der Waals surface area contributed by atoms with Crippen LogP contribution < -0.4 is 10.1 Å². The molecule has 0 amide bonds. The Morgan fingerprint density at radius 1 is 1.17 bits per heavy atom. The molecule has 2 nitrogen and oxygen atoms in total. The number of nitrogens with one attached hydrogen (secondary N) is 1. The van der Waals surface area contributed by atoms with Gasteiger partial charge in [-0.25, -0.2) is 0 Å². The number of aryl methyl sites for hydroxylation is 1. The summed E-state index contributed by atoms with van der Waals surface area (Å²) < 4.78 is 5.47. The first kappa shape index (κ1) is 15.0. The number of hydrogen-bond donors (Lipinski definition) is 1. The zero-order valence-corrected chi connectivity index (χ0v) is 12.8. The van der Waals surface area contributed by atoms with Crippen LogP contribution in [-0.2, 0) is 6.42 Å². The molecule has 0 aliphatic rings. The lowest BCUT2D eigenvalue weighted by molar-refractivity contribution is 0.406. The summed E-state index contributed by atoms with van der Waals surface area (Å²) in [5.74, 6) is 1.67. The Morgan fingerprint density at radius 2 is 1.78 bits per heavy atom. The number of ether oxygens (including phenoxy) is 1. The molecule has 0 heterocycles. The summed E-state index contributed by atoms with van der Waals surface area (Å²) >= 11 is 0. The van der Waals surface area contributed by atoms with E-state index in [1.165, 1.54) is 22.3 Å². The minimum atomic E-state index is 0.524. The van der Waals surface area contributed by atoms with Crippen molar-refractivity contribution in [3.8, 4) is 5.75 Å². The highest BCUT2D eigenvalue weighted by molar-refractivity contribution is 5.49.